The molecule has 1 aliphatic carbocycles. The molecular formula is C14H15N3O3S. The minimum Gasteiger partial charge on any atom is -0.339 e. The van der Waals surface area contributed by atoms with Crippen molar-refractivity contribution in [2.45, 2.75) is 35.6 Å². The summed E-state index contributed by atoms with van der Waals surface area (Å²) in [5, 5.41) is 4.01. The van der Waals surface area contributed by atoms with E-state index in [0.29, 0.717) is 23.2 Å². The van der Waals surface area contributed by atoms with E-state index in [9.17, 15) is 8.42 Å². The number of fused-ring (bicyclic) bond motifs is 1. The largest absolute Gasteiger partial charge is 0.339 e. The van der Waals surface area contributed by atoms with Gasteiger partial charge in [0.1, 0.15) is 5.54 Å². The predicted molar refractivity (Wildman–Crippen MR) is 74.4 cm³/mol. The van der Waals surface area contributed by atoms with Gasteiger partial charge in [0.05, 0.1) is 10.6 Å². The van der Waals surface area contributed by atoms with Gasteiger partial charge >= 0.3 is 0 Å². The fourth-order valence-electron chi connectivity index (χ4n) is 2.79. The molecule has 2 aromatic rings. The van der Waals surface area contributed by atoms with Crippen molar-refractivity contribution in [1.82, 2.24) is 10.1 Å². The van der Waals surface area contributed by atoms with Crippen molar-refractivity contribution in [3.63, 3.8) is 0 Å². The van der Waals surface area contributed by atoms with Crippen molar-refractivity contribution >= 4 is 9.84 Å². The fourth-order valence-corrected chi connectivity index (χ4v) is 4.47. The number of hydrogen-bond donors (Lipinski definition) is 1. The zero-order chi connectivity index (χ0) is 14.7. The third-order valence-corrected chi connectivity index (χ3v) is 6.00. The molecule has 0 saturated heterocycles. The highest BCUT2D eigenvalue weighted by Crippen LogP contribution is 2.42. The Kier molecular flexibility index (Phi) is 2.56. The number of hydrogen-bond acceptors (Lipinski definition) is 6. The van der Waals surface area contributed by atoms with Crippen LogP contribution in [0.4, 0.5) is 0 Å². The topological polar surface area (TPSA) is 99.1 Å². The van der Waals surface area contributed by atoms with E-state index >= 15 is 0 Å². The Morgan fingerprint density at radius 2 is 2.05 bits per heavy atom. The van der Waals surface area contributed by atoms with Crippen LogP contribution in [0.25, 0.3) is 0 Å². The second kappa shape index (κ2) is 4.14. The number of nitrogens with zero attached hydrogens (tertiary/aromatic N) is 2. The minimum absolute atomic E-state index is 0.00614. The van der Waals surface area contributed by atoms with Gasteiger partial charge in [-0.2, -0.15) is 4.98 Å². The van der Waals surface area contributed by atoms with Gasteiger partial charge in [0.2, 0.25) is 5.89 Å². The molecule has 1 fully saturated rings. The lowest BCUT2D eigenvalue weighted by Gasteiger charge is -2.32. The zero-order valence-electron chi connectivity index (χ0n) is 11.3. The average molecular weight is 305 g/mol. The first-order valence-electron chi connectivity index (χ1n) is 6.96. The van der Waals surface area contributed by atoms with E-state index in [1.54, 1.807) is 24.3 Å². The molecule has 1 aromatic carbocycles. The standard InChI is InChI=1S/C14H15N3O3S/c15-14(13-16-12(20-17-13)9-5-6-9)7-8-21(18,19)11-4-2-1-3-10(11)14/h1-4,9H,5-8,15H2. The molecule has 2 N–H and O–H groups in total. The Hall–Kier alpha value is -1.73. The van der Waals surface area contributed by atoms with Crippen LogP contribution in [-0.4, -0.2) is 24.3 Å². The first-order chi connectivity index (χ1) is 10.0. The molecule has 1 aliphatic heterocycles. The molecule has 0 amide bonds. The SMILES string of the molecule is NC1(c2noc(C3CC3)n2)CCS(=O)(=O)c2ccccc21. The first kappa shape index (κ1) is 13.0. The van der Waals surface area contributed by atoms with Crippen LogP contribution < -0.4 is 5.73 Å². The molecule has 2 aliphatic rings. The maximum absolute atomic E-state index is 12.2. The molecule has 0 bridgehead atoms. The molecule has 2 heterocycles. The molecule has 1 atom stereocenters. The molecular weight excluding hydrogens is 290 g/mol. The summed E-state index contributed by atoms with van der Waals surface area (Å²) < 4.78 is 29.7. The lowest BCUT2D eigenvalue weighted by atomic mass is 9.87. The van der Waals surface area contributed by atoms with Crippen LogP contribution in [0, 0.1) is 0 Å². The Balaban J connectivity index is 1.86. The zero-order valence-corrected chi connectivity index (χ0v) is 12.1. The van der Waals surface area contributed by atoms with Crippen molar-refractivity contribution in [2.24, 2.45) is 5.73 Å². The van der Waals surface area contributed by atoms with Crippen LogP contribution in [0.15, 0.2) is 33.7 Å². The van der Waals surface area contributed by atoms with Crippen molar-refractivity contribution in [3.05, 3.63) is 41.5 Å². The van der Waals surface area contributed by atoms with Crippen LogP contribution in [0.1, 0.15) is 42.5 Å². The van der Waals surface area contributed by atoms with E-state index in [4.69, 9.17) is 10.3 Å². The van der Waals surface area contributed by atoms with E-state index < -0.39 is 15.4 Å². The van der Waals surface area contributed by atoms with Gasteiger partial charge in [-0.15, -0.1) is 0 Å². The fraction of sp³-hybridized carbons (Fsp3) is 0.429. The summed E-state index contributed by atoms with van der Waals surface area (Å²) in [6.45, 7) is 0. The molecule has 4 rings (SSSR count). The number of sulfone groups is 1. The summed E-state index contributed by atoms with van der Waals surface area (Å²) in [5.74, 6) is 1.33. The Labute approximate surface area is 122 Å². The molecule has 1 unspecified atom stereocenters. The second-order valence-electron chi connectivity index (χ2n) is 5.77. The normalized spacial score (nSPS) is 27.3. The smallest absolute Gasteiger partial charge is 0.229 e. The number of benzene rings is 1. The maximum Gasteiger partial charge on any atom is 0.229 e. The molecule has 1 aromatic heterocycles. The van der Waals surface area contributed by atoms with Crippen molar-refractivity contribution < 1.29 is 12.9 Å². The summed E-state index contributed by atoms with van der Waals surface area (Å²) in [4.78, 5) is 4.69. The summed E-state index contributed by atoms with van der Waals surface area (Å²) >= 11 is 0. The van der Waals surface area contributed by atoms with Crippen molar-refractivity contribution in [2.75, 3.05) is 5.75 Å². The van der Waals surface area contributed by atoms with Crippen molar-refractivity contribution in [1.29, 1.82) is 0 Å². The highest BCUT2D eigenvalue weighted by molar-refractivity contribution is 7.91. The first-order valence-corrected chi connectivity index (χ1v) is 8.61. The minimum atomic E-state index is -3.28. The van der Waals surface area contributed by atoms with Gasteiger partial charge in [-0.1, -0.05) is 23.4 Å². The van der Waals surface area contributed by atoms with Gasteiger partial charge in [-0.3, -0.25) is 0 Å². The highest BCUT2D eigenvalue weighted by Gasteiger charge is 2.44. The van der Waals surface area contributed by atoms with Crippen LogP contribution in [-0.2, 0) is 15.4 Å². The summed E-state index contributed by atoms with van der Waals surface area (Å²) in [7, 11) is -3.28. The molecule has 6 nitrogen and oxygen atoms in total. The van der Waals surface area contributed by atoms with E-state index in [1.807, 2.05) is 0 Å². The number of nitrogens with two attached hydrogens (primary N) is 1. The lowest BCUT2D eigenvalue weighted by molar-refractivity contribution is 0.356. The van der Waals surface area contributed by atoms with E-state index in [-0.39, 0.29) is 17.1 Å². The van der Waals surface area contributed by atoms with Gasteiger partial charge in [0, 0.05) is 5.92 Å². The van der Waals surface area contributed by atoms with E-state index in [0.717, 1.165) is 12.8 Å². The molecule has 0 radical (unpaired) electrons. The quantitative estimate of drug-likeness (QED) is 0.898. The summed E-state index contributed by atoms with van der Waals surface area (Å²) in [6.07, 6.45) is 2.38. The molecule has 7 heteroatoms. The predicted octanol–water partition coefficient (Wildman–Crippen LogP) is 1.33. The lowest BCUT2D eigenvalue weighted by Crippen LogP contribution is -2.45. The van der Waals surface area contributed by atoms with Crippen LogP contribution in [0.3, 0.4) is 0 Å². The molecule has 0 spiro atoms. The van der Waals surface area contributed by atoms with Gasteiger partial charge < -0.3 is 10.3 Å². The van der Waals surface area contributed by atoms with Gasteiger partial charge in [-0.05, 0) is 30.9 Å². The molecule has 110 valence electrons. The maximum atomic E-state index is 12.2. The van der Waals surface area contributed by atoms with Crippen LogP contribution in [0.5, 0.6) is 0 Å². The highest BCUT2D eigenvalue weighted by atomic mass is 32.2. The summed E-state index contributed by atoms with van der Waals surface area (Å²) in [5.41, 5.74) is 6.05. The average Bonchev–Trinajstić information content (AvgIpc) is 3.21. The van der Waals surface area contributed by atoms with Gasteiger partial charge in [-0.25, -0.2) is 8.42 Å². The van der Waals surface area contributed by atoms with E-state index in [2.05, 4.69) is 10.1 Å². The Morgan fingerprint density at radius 3 is 2.81 bits per heavy atom. The second-order valence-corrected chi connectivity index (χ2v) is 7.84. The van der Waals surface area contributed by atoms with Gasteiger partial charge in [0.25, 0.3) is 0 Å². The monoisotopic (exact) mass is 305 g/mol. The third-order valence-electron chi connectivity index (χ3n) is 4.24. The Bertz CT molecular complexity index is 810. The Morgan fingerprint density at radius 1 is 1.29 bits per heavy atom. The summed E-state index contributed by atoms with van der Waals surface area (Å²) in [6, 6.07) is 6.81. The molecule has 21 heavy (non-hydrogen) atoms. The van der Waals surface area contributed by atoms with Crippen molar-refractivity contribution in [3.8, 4) is 0 Å². The van der Waals surface area contributed by atoms with Crippen LogP contribution >= 0.6 is 0 Å². The van der Waals surface area contributed by atoms with Gasteiger partial charge in [0.15, 0.2) is 15.7 Å². The van der Waals surface area contributed by atoms with Crippen LogP contribution in [0.2, 0.25) is 0 Å². The number of aromatic nitrogens is 2. The third kappa shape index (κ3) is 1.91. The van der Waals surface area contributed by atoms with E-state index in [1.165, 1.54) is 0 Å². The molecule has 1 saturated carbocycles. The number of rotatable bonds is 2.